The molecule has 0 bridgehead atoms. The number of H-pyrrole nitrogens is 1. The third-order valence-corrected chi connectivity index (χ3v) is 2.81. The molecule has 0 radical (unpaired) electrons. The normalized spacial score (nSPS) is 11.2. The van der Waals surface area contributed by atoms with Crippen LogP contribution in [-0.2, 0) is 21.3 Å². The van der Waals surface area contributed by atoms with Crippen molar-refractivity contribution in [1.82, 2.24) is 4.98 Å². The summed E-state index contributed by atoms with van der Waals surface area (Å²) in [6, 6.07) is 0. The van der Waals surface area contributed by atoms with Gasteiger partial charge in [0.05, 0.1) is 18.6 Å². The molecule has 0 unspecified atom stereocenters. The predicted octanol–water partition coefficient (Wildman–Crippen LogP) is 2.27. The van der Waals surface area contributed by atoms with E-state index in [1.165, 1.54) is 0 Å². The molecule has 112 valence electrons. The van der Waals surface area contributed by atoms with Crippen LogP contribution in [0, 0.1) is 0 Å². The van der Waals surface area contributed by atoms with E-state index in [1.54, 1.807) is 6.92 Å². The van der Waals surface area contributed by atoms with E-state index in [9.17, 15) is 22.8 Å². The number of carbonyl (C=O) groups is 1. The van der Waals surface area contributed by atoms with Crippen LogP contribution >= 0.6 is 15.9 Å². The maximum atomic E-state index is 12.4. The van der Waals surface area contributed by atoms with Gasteiger partial charge in [-0.15, -0.1) is 13.2 Å². The molecule has 0 aromatic carbocycles. The first-order chi connectivity index (χ1) is 9.28. The lowest BCUT2D eigenvalue weighted by atomic mass is 10.1. The van der Waals surface area contributed by atoms with Crippen LogP contribution in [0.25, 0.3) is 0 Å². The highest BCUT2D eigenvalue weighted by Crippen LogP contribution is 2.29. The van der Waals surface area contributed by atoms with Gasteiger partial charge in [-0.05, 0) is 6.92 Å². The van der Waals surface area contributed by atoms with Crippen molar-refractivity contribution in [3.63, 3.8) is 0 Å². The fourth-order valence-electron chi connectivity index (χ4n) is 1.46. The topological polar surface area (TPSA) is 68.4 Å². The Balaban J connectivity index is 3.25. The number of aromatic nitrogens is 1. The average molecular weight is 358 g/mol. The Labute approximate surface area is 120 Å². The predicted molar refractivity (Wildman–Crippen MR) is 66.7 cm³/mol. The molecule has 1 aromatic heterocycles. The van der Waals surface area contributed by atoms with Gasteiger partial charge in [0.1, 0.15) is 5.75 Å². The van der Waals surface area contributed by atoms with Gasteiger partial charge in [-0.25, -0.2) is 0 Å². The van der Waals surface area contributed by atoms with Gasteiger partial charge in [-0.3, -0.25) is 9.59 Å². The molecular formula is C11H11BrF3NO4. The Bertz CT molecular complexity index is 541. The van der Waals surface area contributed by atoms with Gasteiger partial charge in [-0.1, -0.05) is 15.9 Å². The number of rotatable bonds is 5. The Morgan fingerprint density at radius 2 is 2.10 bits per heavy atom. The summed E-state index contributed by atoms with van der Waals surface area (Å²) in [5.74, 6) is -1.48. The van der Waals surface area contributed by atoms with Crippen LogP contribution in [0.5, 0.6) is 5.75 Å². The first kappa shape index (κ1) is 16.5. The summed E-state index contributed by atoms with van der Waals surface area (Å²) in [7, 11) is 0. The molecule has 0 fully saturated rings. The lowest BCUT2D eigenvalue weighted by Crippen LogP contribution is -2.25. The molecule has 0 aliphatic rings. The van der Waals surface area contributed by atoms with Crippen LogP contribution in [0.4, 0.5) is 13.2 Å². The summed E-state index contributed by atoms with van der Waals surface area (Å²) in [5, 5.41) is 0.0189. The molecule has 0 spiro atoms. The van der Waals surface area contributed by atoms with Crippen molar-refractivity contribution in [3.8, 4) is 5.75 Å². The number of alkyl halides is 4. The van der Waals surface area contributed by atoms with Gasteiger partial charge in [0.15, 0.2) is 0 Å². The molecule has 1 aromatic rings. The molecule has 1 heterocycles. The maximum Gasteiger partial charge on any atom is 0.573 e. The van der Waals surface area contributed by atoms with Gasteiger partial charge < -0.3 is 14.5 Å². The van der Waals surface area contributed by atoms with Crippen molar-refractivity contribution in [2.45, 2.75) is 25.0 Å². The van der Waals surface area contributed by atoms with Gasteiger partial charge in [-0.2, -0.15) is 0 Å². The summed E-state index contributed by atoms with van der Waals surface area (Å²) in [6.45, 7) is 1.61. The van der Waals surface area contributed by atoms with E-state index in [2.05, 4.69) is 30.4 Å². The van der Waals surface area contributed by atoms with E-state index in [1.807, 2.05) is 0 Å². The molecule has 0 amide bonds. The second-order valence-electron chi connectivity index (χ2n) is 3.61. The number of pyridine rings is 1. The number of hydrogen-bond donors (Lipinski definition) is 1. The smallest absolute Gasteiger partial charge is 0.466 e. The van der Waals surface area contributed by atoms with Crippen molar-refractivity contribution >= 4 is 21.9 Å². The van der Waals surface area contributed by atoms with Crippen molar-refractivity contribution in [1.29, 1.82) is 0 Å². The lowest BCUT2D eigenvalue weighted by Gasteiger charge is -2.15. The summed E-state index contributed by atoms with van der Waals surface area (Å²) < 4.78 is 45.6. The van der Waals surface area contributed by atoms with Crippen LogP contribution in [0.3, 0.4) is 0 Å². The summed E-state index contributed by atoms with van der Waals surface area (Å²) in [6.07, 6.45) is -4.48. The maximum absolute atomic E-state index is 12.4. The molecule has 20 heavy (non-hydrogen) atoms. The van der Waals surface area contributed by atoms with E-state index in [-0.39, 0.29) is 17.5 Å². The van der Waals surface area contributed by atoms with Gasteiger partial charge in [0.25, 0.3) is 5.56 Å². The van der Waals surface area contributed by atoms with Crippen LogP contribution < -0.4 is 10.3 Å². The molecule has 1 rings (SSSR count). The molecule has 0 aliphatic heterocycles. The summed E-state index contributed by atoms with van der Waals surface area (Å²) >= 11 is 2.99. The molecular weight excluding hydrogens is 347 g/mol. The second kappa shape index (κ2) is 6.78. The Morgan fingerprint density at radius 3 is 2.60 bits per heavy atom. The Hall–Kier alpha value is -1.51. The Kier molecular flexibility index (Phi) is 5.61. The number of hydrogen-bond acceptors (Lipinski definition) is 4. The number of halogens is 4. The third kappa shape index (κ3) is 4.55. The third-order valence-electron chi connectivity index (χ3n) is 2.21. The molecule has 0 aliphatic carbocycles. The Morgan fingerprint density at radius 1 is 1.45 bits per heavy atom. The highest BCUT2D eigenvalue weighted by atomic mass is 79.9. The first-order valence-corrected chi connectivity index (χ1v) is 6.61. The number of aromatic amines is 1. The zero-order valence-corrected chi connectivity index (χ0v) is 11.9. The van der Waals surface area contributed by atoms with E-state index in [4.69, 9.17) is 0 Å². The summed E-state index contributed by atoms with van der Waals surface area (Å²) in [4.78, 5) is 25.2. The molecule has 5 nitrogen and oxygen atoms in total. The van der Waals surface area contributed by atoms with E-state index in [0.29, 0.717) is 0 Å². The summed E-state index contributed by atoms with van der Waals surface area (Å²) in [5.41, 5.74) is -1.18. The zero-order chi connectivity index (χ0) is 15.3. The van der Waals surface area contributed by atoms with Crippen molar-refractivity contribution < 1.29 is 27.4 Å². The average Bonchev–Trinajstić information content (AvgIpc) is 2.32. The van der Waals surface area contributed by atoms with E-state index in [0.717, 1.165) is 6.20 Å². The van der Waals surface area contributed by atoms with E-state index >= 15 is 0 Å². The highest BCUT2D eigenvalue weighted by Gasteiger charge is 2.34. The number of esters is 1. The number of carbonyl (C=O) groups excluding carboxylic acids is 1. The minimum atomic E-state index is -4.96. The van der Waals surface area contributed by atoms with Gasteiger partial charge in [0.2, 0.25) is 0 Å². The lowest BCUT2D eigenvalue weighted by molar-refractivity contribution is -0.275. The van der Waals surface area contributed by atoms with Crippen molar-refractivity contribution in [2.75, 3.05) is 6.61 Å². The monoisotopic (exact) mass is 357 g/mol. The molecule has 0 saturated carbocycles. The zero-order valence-electron chi connectivity index (χ0n) is 10.3. The molecule has 0 saturated heterocycles. The van der Waals surface area contributed by atoms with Crippen LogP contribution in [-0.4, -0.2) is 23.9 Å². The van der Waals surface area contributed by atoms with Gasteiger partial charge >= 0.3 is 12.3 Å². The quantitative estimate of drug-likeness (QED) is 0.648. The van der Waals surface area contributed by atoms with Crippen molar-refractivity contribution in [3.05, 3.63) is 27.7 Å². The second-order valence-corrected chi connectivity index (χ2v) is 4.17. The molecule has 9 heteroatoms. The minimum absolute atomic E-state index is 0.0189. The molecule has 0 atom stereocenters. The SMILES string of the molecule is CCOC(=O)Cc1c(OC(F)(F)F)c(CBr)c[nH]c1=O. The fraction of sp³-hybridized carbons (Fsp3) is 0.455. The standard InChI is InChI=1S/C11H11BrF3NO4/c1-2-19-8(17)3-7-9(20-11(13,14)15)6(4-12)5-16-10(7)18/h5H,2-4H2,1H3,(H,16,18). The van der Waals surface area contributed by atoms with Gasteiger partial charge in [0, 0.05) is 17.1 Å². The van der Waals surface area contributed by atoms with Crippen LogP contribution in [0.1, 0.15) is 18.1 Å². The first-order valence-electron chi connectivity index (χ1n) is 5.49. The largest absolute Gasteiger partial charge is 0.573 e. The number of nitrogens with one attached hydrogen (secondary N) is 1. The fourth-order valence-corrected chi connectivity index (χ4v) is 1.88. The number of ether oxygens (including phenoxy) is 2. The minimum Gasteiger partial charge on any atom is -0.466 e. The highest BCUT2D eigenvalue weighted by molar-refractivity contribution is 9.08. The van der Waals surface area contributed by atoms with Crippen LogP contribution in [0.2, 0.25) is 0 Å². The van der Waals surface area contributed by atoms with Crippen LogP contribution in [0.15, 0.2) is 11.0 Å². The van der Waals surface area contributed by atoms with E-state index < -0.39 is 35.6 Å². The molecule has 1 N–H and O–H groups in total. The van der Waals surface area contributed by atoms with Crippen molar-refractivity contribution in [2.24, 2.45) is 0 Å².